The molecule has 0 aliphatic carbocycles. The van der Waals surface area contributed by atoms with Crippen molar-refractivity contribution in [3.63, 3.8) is 0 Å². The average molecular weight is 304 g/mol. The summed E-state index contributed by atoms with van der Waals surface area (Å²) in [5.74, 6) is 0.714. The van der Waals surface area contributed by atoms with Gasteiger partial charge in [0.15, 0.2) is 11.2 Å². The maximum atomic E-state index is 12.3. The number of piperazine rings is 1. The lowest BCUT2D eigenvalue weighted by Gasteiger charge is -2.28. The van der Waals surface area contributed by atoms with Crippen molar-refractivity contribution in [2.45, 2.75) is 13.5 Å². The number of nitrogens with zero attached hydrogens (tertiary/aromatic N) is 4. The van der Waals surface area contributed by atoms with E-state index < -0.39 is 11.2 Å². The molecule has 2 N–H and O–H groups in total. The van der Waals surface area contributed by atoms with Gasteiger partial charge < -0.3 is 14.8 Å². The summed E-state index contributed by atoms with van der Waals surface area (Å²) in [7, 11) is 1.61. The molecule has 2 aromatic heterocycles. The van der Waals surface area contributed by atoms with Gasteiger partial charge >= 0.3 is 5.69 Å². The van der Waals surface area contributed by atoms with Crippen LogP contribution in [0, 0.1) is 0 Å². The molecule has 2 aromatic rings. The van der Waals surface area contributed by atoms with Crippen LogP contribution in [0.2, 0.25) is 0 Å². The van der Waals surface area contributed by atoms with E-state index >= 15 is 0 Å². The van der Waals surface area contributed by atoms with Crippen LogP contribution in [-0.4, -0.2) is 45.3 Å². The molecule has 8 heteroatoms. The van der Waals surface area contributed by atoms with Gasteiger partial charge in [-0.15, -0.1) is 0 Å². The van der Waals surface area contributed by atoms with Crippen LogP contribution in [0.4, 0.5) is 5.95 Å². The fourth-order valence-corrected chi connectivity index (χ4v) is 2.75. The van der Waals surface area contributed by atoms with Crippen LogP contribution in [0.25, 0.3) is 11.2 Å². The number of nitrogens with one attached hydrogen (secondary N) is 2. The number of rotatable bonds is 3. The van der Waals surface area contributed by atoms with Crippen molar-refractivity contribution < 1.29 is 0 Å². The highest BCUT2D eigenvalue weighted by Crippen LogP contribution is 2.20. The van der Waals surface area contributed by atoms with Gasteiger partial charge in [0.2, 0.25) is 5.95 Å². The molecular formula is C14H20N6O2. The zero-order chi connectivity index (χ0) is 15.9. The van der Waals surface area contributed by atoms with Gasteiger partial charge in [-0.1, -0.05) is 12.2 Å². The minimum Gasteiger partial charge on any atom is -0.340 e. The molecule has 0 saturated carbocycles. The van der Waals surface area contributed by atoms with Crippen LogP contribution in [0.3, 0.4) is 0 Å². The van der Waals surface area contributed by atoms with Crippen molar-refractivity contribution in [1.82, 2.24) is 24.4 Å². The lowest BCUT2D eigenvalue weighted by atomic mass is 10.3. The molecule has 3 rings (SSSR count). The zero-order valence-corrected chi connectivity index (χ0v) is 12.8. The molecule has 118 valence electrons. The number of aromatic amines is 1. The van der Waals surface area contributed by atoms with Gasteiger partial charge in [-0.2, -0.15) is 4.98 Å². The predicted molar refractivity (Wildman–Crippen MR) is 85.5 cm³/mol. The molecule has 1 fully saturated rings. The van der Waals surface area contributed by atoms with Gasteiger partial charge in [0.1, 0.15) is 0 Å². The summed E-state index contributed by atoms with van der Waals surface area (Å²) < 4.78 is 3.22. The van der Waals surface area contributed by atoms with Crippen molar-refractivity contribution in [2.75, 3.05) is 31.1 Å². The molecule has 0 radical (unpaired) electrons. The second-order valence-electron chi connectivity index (χ2n) is 5.68. The van der Waals surface area contributed by atoms with E-state index in [-0.39, 0.29) is 0 Å². The minimum atomic E-state index is -0.454. The first-order chi connectivity index (χ1) is 10.5. The molecule has 3 heterocycles. The number of aromatic nitrogens is 4. The van der Waals surface area contributed by atoms with E-state index in [4.69, 9.17) is 0 Å². The maximum Gasteiger partial charge on any atom is 0.329 e. The largest absolute Gasteiger partial charge is 0.340 e. The summed E-state index contributed by atoms with van der Waals surface area (Å²) in [5.41, 5.74) is 0.878. The Morgan fingerprint density at radius 2 is 2.00 bits per heavy atom. The van der Waals surface area contributed by atoms with Crippen LogP contribution in [0.1, 0.15) is 6.92 Å². The fourth-order valence-electron chi connectivity index (χ4n) is 2.75. The molecule has 0 unspecified atom stereocenters. The van der Waals surface area contributed by atoms with Gasteiger partial charge in [0, 0.05) is 39.8 Å². The van der Waals surface area contributed by atoms with E-state index in [1.165, 1.54) is 4.57 Å². The summed E-state index contributed by atoms with van der Waals surface area (Å²) in [6, 6.07) is 0. The van der Waals surface area contributed by atoms with Crippen molar-refractivity contribution in [3.8, 4) is 0 Å². The molecular weight excluding hydrogens is 284 g/mol. The van der Waals surface area contributed by atoms with E-state index in [0.29, 0.717) is 23.7 Å². The Hall–Kier alpha value is -2.35. The third-order valence-electron chi connectivity index (χ3n) is 3.81. The van der Waals surface area contributed by atoms with Crippen LogP contribution in [0.5, 0.6) is 0 Å². The normalized spacial score (nSPS) is 15.5. The van der Waals surface area contributed by atoms with Gasteiger partial charge in [-0.3, -0.25) is 14.3 Å². The van der Waals surface area contributed by atoms with Gasteiger partial charge in [0.05, 0.1) is 0 Å². The fraction of sp³-hybridized carbons (Fsp3) is 0.500. The highest BCUT2D eigenvalue weighted by atomic mass is 16.2. The standard InChI is InChI=1S/C14H20N6O2/c1-9(2)8-20-10-11(18(3)14(22)17-12(10)21)16-13(20)19-6-4-15-5-7-19/h15H,1,4-8H2,2-3H3,(H,17,21,22). The van der Waals surface area contributed by atoms with Crippen molar-refractivity contribution in [2.24, 2.45) is 7.05 Å². The molecule has 1 saturated heterocycles. The van der Waals surface area contributed by atoms with E-state index in [0.717, 1.165) is 31.8 Å². The molecule has 0 spiro atoms. The molecule has 22 heavy (non-hydrogen) atoms. The third kappa shape index (κ3) is 2.35. The average Bonchev–Trinajstić information content (AvgIpc) is 2.85. The Morgan fingerprint density at radius 1 is 1.32 bits per heavy atom. The zero-order valence-electron chi connectivity index (χ0n) is 12.8. The molecule has 0 atom stereocenters. The Balaban J connectivity index is 2.28. The minimum absolute atomic E-state index is 0.406. The highest BCUT2D eigenvalue weighted by molar-refractivity contribution is 5.74. The smallest absolute Gasteiger partial charge is 0.329 e. The summed E-state index contributed by atoms with van der Waals surface area (Å²) >= 11 is 0. The number of hydrogen-bond donors (Lipinski definition) is 2. The number of imidazole rings is 1. The molecule has 1 aliphatic heterocycles. The van der Waals surface area contributed by atoms with Crippen molar-refractivity contribution in [1.29, 1.82) is 0 Å². The summed E-state index contributed by atoms with van der Waals surface area (Å²) in [6.07, 6.45) is 0. The van der Waals surface area contributed by atoms with E-state index in [2.05, 4.69) is 26.8 Å². The number of fused-ring (bicyclic) bond motifs is 1. The first kappa shape index (κ1) is 14.6. The van der Waals surface area contributed by atoms with Gasteiger partial charge in [0.25, 0.3) is 5.56 Å². The maximum absolute atomic E-state index is 12.3. The van der Waals surface area contributed by atoms with Crippen molar-refractivity contribution >= 4 is 17.1 Å². The Labute approximate surface area is 127 Å². The van der Waals surface area contributed by atoms with E-state index in [1.54, 1.807) is 7.05 Å². The number of hydrogen-bond acceptors (Lipinski definition) is 5. The van der Waals surface area contributed by atoms with Gasteiger partial charge in [-0.25, -0.2) is 4.79 Å². The Kier molecular flexibility index (Phi) is 3.61. The molecule has 0 amide bonds. The number of allylic oxidation sites excluding steroid dienone is 1. The summed E-state index contributed by atoms with van der Waals surface area (Å²) in [4.78, 5) is 33.1. The highest BCUT2D eigenvalue weighted by Gasteiger charge is 2.22. The monoisotopic (exact) mass is 304 g/mol. The predicted octanol–water partition coefficient (Wildman–Crippen LogP) is -0.591. The van der Waals surface area contributed by atoms with E-state index in [9.17, 15) is 9.59 Å². The van der Waals surface area contributed by atoms with Gasteiger partial charge in [-0.05, 0) is 6.92 Å². The Bertz CT molecular complexity index is 837. The first-order valence-electron chi connectivity index (χ1n) is 7.28. The molecule has 8 nitrogen and oxygen atoms in total. The number of H-pyrrole nitrogens is 1. The number of aryl methyl sites for hydroxylation is 1. The lowest BCUT2D eigenvalue weighted by molar-refractivity contribution is 0.571. The second-order valence-corrected chi connectivity index (χ2v) is 5.68. The van der Waals surface area contributed by atoms with Crippen LogP contribution >= 0.6 is 0 Å². The molecule has 0 bridgehead atoms. The lowest BCUT2D eigenvalue weighted by Crippen LogP contribution is -2.44. The summed E-state index contributed by atoms with van der Waals surface area (Å²) in [5, 5.41) is 3.29. The topological polar surface area (TPSA) is 88.0 Å². The molecule has 0 aromatic carbocycles. The van der Waals surface area contributed by atoms with E-state index in [1.807, 2.05) is 11.5 Å². The van der Waals surface area contributed by atoms with Crippen LogP contribution < -0.4 is 21.5 Å². The SMILES string of the molecule is C=C(C)Cn1c(N2CCNCC2)nc2c1c(=O)[nH]c(=O)n2C. The molecule has 1 aliphatic rings. The number of anilines is 1. The van der Waals surface area contributed by atoms with Crippen LogP contribution in [0.15, 0.2) is 21.7 Å². The quantitative estimate of drug-likeness (QED) is 0.740. The summed E-state index contributed by atoms with van der Waals surface area (Å²) in [6.45, 7) is 9.69. The van der Waals surface area contributed by atoms with Crippen molar-refractivity contribution in [3.05, 3.63) is 33.0 Å². The van der Waals surface area contributed by atoms with Crippen LogP contribution in [-0.2, 0) is 13.6 Å². The third-order valence-corrected chi connectivity index (χ3v) is 3.81. The second kappa shape index (κ2) is 5.45. The first-order valence-corrected chi connectivity index (χ1v) is 7.28. The Morgan fingerprint density at radius 3 is 2.64 bits per heavy atom.